The third-order valence-electron chi connectivity index (χ3n) is 4.36. The van der Waals surface area contributed by atoms with E-state index in [1.54, 1.807) is 4.90 Å². The van der Waals surface area contributed by atoms with Crippen molar-refractivity contribution in [1.29, 1.82) is 0 Å². The molecule has 0 radical (unpaired) electrons. The summed E-state index contributed by atoms with van der Waals surface area (Å²) in [4.78, 5) is 28.1. The summed E-state index contributed by atoms with van der Waals surface area (Å²) in [5.74, 6) is 0.0491. The molecule has 1 atom stereocenters. The quantitative estimate of drug-likeness (QED) is 0.714. The predicted molar refractivity (Wildman–Crippen MR) is 96.1 cm³/mol. The number of hydrogen-bond donors (Lipinski definition) is 2. The average Bonchev–Trinajstić information content (AvgIpc) is 2.96. The molecule has 0 spiro atoms. The fraction of sp³-hybridized carbons (Fsp3) is 0.556. The van der Waals surface area contributed by atoms with Crippen molar-refractivity contribution in [3.05, 3.63) is 30.3 Å². The lowest BCUT2D eigenvalue weighted by Crippen LogP contribution is -2.44. The molecule has 132 valence electrons. The van der Waals surface area contributed by atoms with E-state index in [1.165, 1.54) is 0 Å². The molecule has 2 rings (SSSR count). The molecule has 1 unspecified atom stereocenters. The summed E-state index contributed by atoms with van der Waals surface area (Å²) >= 11 is 0. The fourth-order valence-electron chi connectivity index (χ4n) is 2.94. The van der Waals surface area contributed by atoms with Gasteiger partial charge in [-0.1, -0.05) is 32.0 Å². The van der Waals surface area contributed by atoms with E-state index >= 15 is 0 Å². The number of carbonyl (C=O) groups excluding carboxylic acids is 2. The molecule has 6 nitrogen and oxygen atoms in total. The number of para-hydroxylation sites is 1. The molecule has 1 heterocycles. The van der Waals surface area contributed by atoms with Crippen molar-refractivity contribution in [3.8, 4) is 0 Å². The number of anilines is 1. The molecule has 24 heavy (non-hydrogen) atoms. The fourth-order valence-corrected chi connectivity index (χ4v) is 2.94. The first kappa shape index (κ1) is 18.3. The molecule has 1 aromatic rings. The minimum absolute atomic E-state index is 0.0491. The summed E-state index contributed by atoms with van der Waals surface area (Å²) in [6, 6.07) is 9.23. The lowest BCUT2D eigenvalue weighted by Gasteiger charge is -2.19. The number of hydrogen-bond acceptors (Lipinski definition) is 3. The topological polar surface area (TPSA) is 64.7 Å². The summed E-state index contributed by atoms with van der Waals surface area (Å²) in [6.45, 7) is 8.49. The number of urea groups is 1. The molecule has 2 N–H and O–H groups in total. The van der Waals surface area contributed by atoms with Crippen molar-refractivity contribution in [3.63, 3.8) is 0 Å². The van der Waals surface area contributed by atoms with Gasteiger partial charge in [0.15, 0.2) is 0 Å². The van der Waals surface area contributed by atoms with Crippen LogP contribution in [0.5, 0.6) is 0 Å². The normalized spacial score (nSPS) is 17.4. The summed E-state index contributed by atoms with van der Waals surface area (Å²) in [7, 11) is 0. The first-order chi connectivity index (χ1) is 11.6. The van der Waals surface area contributed by atoms with Gasteiger partial charge in [-0.3, -0.25) is 4.79 Å². The van der Waals surface area contributed by atoms with Gasteiger partial charge < -0.3 is 20.4 Å². The minimum atomic E-state index is -0.192. The van der Waals surface area contributed by atoms with Gasteiger partial charge in [-0.25, -0.2) is 4.79 Å². The average molecular weight is 332 g/mol. The first-order valence-corrected chi connectivity index (χ1v) is 8.76. The van der Waals surface area contributed by atoms with Crippen molar-refractivity contribution in [2.75, 3.05) is 37.6 Å². The van der Waals surface area contributed by atoms with Crippen LogP contribution < -0.4 is 15.5 Å². The molecule has 1 aromatic carbocycles. The van der Waals surface area contributed by atoms with Crippen molar-refractivity contribution in [2.24, 2.45) is 0 Å². The highest BCUT2D eigenvalue weighted by molar-refractivity contribution is 5.96. The van der Waals surface area contributed by atoms with E-state index in [9.17, 15) is 9.59 Å². The Bertz CT molecular complexity index is 531. The van der Waals surface area contributed by atoms with E-state index in [4.69, 9.17) is 0 Å². The third-order valence-corrected chi connectivity index (χ3v) is 4.36. The smallest absolute Gasteiger partial charge is 0.315 e. The molecule has 1 saturated heterocycles. The maximum Gasteiger partial charge on any atom is 0.315 e. The maximum absolute atomic E-state index is 12.1. The van der Waals surface area contributed by atoms with Crippen LogP contribution in [0.25, 0.3) is 0 Å². The summed E-state index contributed by atoms with van der Waals surface area (Å²) in [5.41, 5.74) is 0.881. The highest BCUT2D eigenvalue weighted by Gasteiger charge is 2.31. The van der Waals surface area contributed by atoms with E-state index < -0.39 is 0 Å². The van der Waals surface area contributed by atoms with Gasteiger partial charge in [-0.15, -0.1) is 0 Å². The Labute approximate surface area is 144 Å². The van der Waals surface area contributed by atoms with Crippen LogP contribution in [-0.4, -0.2) is 55.6 Å². The molecule has 0 aromatic heterocycles. The number of amides is 3. The Morgan fingerprint density at radius 1 is 1.25 bits per heavy atom. The molecule has 3 amide bonds. The van der Waals surface area contributed by atoms with Crippen LogP contribution >= 0.6 is 0 Å². The number of carbonyl (C=O) groups is 2. The van der Waals surface area contributed by atoms with Crippen LogP contribution in [0.1, 0.15) is 26.7 Å². The molecular weight excluding hydrogens is 304 g/mol. The predicted octanol–water partition coefficient (Wildman–Crippen LogP) is 1.82. The Hall–Kier alpha value is -2.08. The molecular formula is C18H28N4O2. The van der Waals surface area contributed by atoms with E-state index in [1.807, 2.05) is 30.3 Å². The molecule has 0 bridgehead atoms. The molecule has 1 aliphatic rings. The van der Waals surface area contributed by atoms with Crippen LogP contribution in [0.15, 0.2) is 30.3 Å². The second-order valence-corrected chi connectivity index (χ2v) is 6.02. The van der Waals surface area contributed by atoms with Gasteiger partial charge >= 0.3 is 6.03 Å². The Morgan fingerprint density at radius 2 is 1.96 bits per heavy atom. The zero-order valence-corrected chi connectivity index (χ0v) is 14.6. The summed E-state index contributed by atoms with van der Waals surface area (Å²) in [6.07, 6.45) is 1.27. The van der Waals surface area contributed by atoms with Crippen molar-refractivity contribution >= 4 is 17.6 Å². The third kappa shape index (κ3) is 5.23. The zero-order chi connectivity index (χ0) is 17.4. The van der Waals surface area contributed by atoms with Crippen molar-refractivity contribution in [1.82, 2.24) is 15.5 Å². The van der Waals surface area contributed by atoms with Crippen LogP contribution in [0.3, 0.4) is 0 Å². The van der Waals surface area contributed by atoms with Gasteiger partial charge in [0.05, 0.1) is 6.04 Å². The zero-order valence-electron chi connectivity index (χ0n) is 14.6. The second kappa shape index (κ2) is 9.27. The highest BCUT2D eigenvalue weighted by atomic mass is 16.2. The lowest BCUT2D eigenvalue weighted by atomic mass is 10.2. The van der Waals surface area contributed by atoms with E-state index in [0.29, 0.717) is 19.5 Å². The first-order valence-electron chi connectivity index (χ1n) is 8.76. The largest absolute Gasteiger partial charge is 0.338 e. The standard InChI is InChI=1S/C18H28N4O2/c1-3-21(4-2)12-8-11-19-18(24)20-15-13-17(23)22(14-15)16-9-6-5-7-10-16/h5-7,9-10,15H,3-4,8,11-14H2,1-2H3,(H2,19,20,24). The molecule has 0 aliphatic carbocycles. The van der Waals surface area contributed by atoms with Gasteiger partial charge in [-0.2, -0.15) is 0 Å². The Morgan fingerprint density at radius 3 is 2.62 bits per heavy atom. The van der Waals surface area contributed by atoms with Crippen LogP contribution in [0.2, 0.25) is 0 Å². The molecule has 6 heteroatoms. The van der Waals surface area contributed by atoms with Gasteiger partial charge in [-0.05, 0) is 38.2 Å². The summed E-state index contributed by atoms with van der Waals surface area (Å²) < 4.78 is 0. The Balaban J connectivity index is 1.70. The minimum Gasteiger partial charge on any atom is -0.338 e. The molecule has 1 fully saturated rings. The SMILES string of the molecule is CCN(CC)CCCNC(=O)NC1CC(=O)N(c2ccccc2)C1. The number of benzene rings is 1. The van der Waals surface area contributed by atoms with Crippen molar-refractivity contribution < 1.29 is 9.59 Å². The lowest BCUT2D eigenvalue weighted by molar-refractivity contribution is -0.117. The number of rotatable bonds is 8. The molecule has 0 saturated carbocycles. The van der Waals surface area contributed by atoms with Gasteiger partial charge in [0.1, 0.15) is 0 Å². The Kier molecular flexibility index (Phi) is 7.06. The summed E-state index contributed by atoms with van der Waals surface area (Å²) in [5, 5.41) is 5.77. The van der Waals surface area contributed by atoms with Crippen LogP contribution in [0.4, 0.5) is 10.5 Å². The van der Waals surface area contributed by atoms with Gasteiger partial charge in [0.25, 0.3) is 0 Å². The second-order valence-electron chi connectivity index (χ2n) is 6.02. The van der Waals surface area contributed by atoms with Crippen molar-refractivity contribution in [2.45, 2.75) is 32.7 Å². The van der Waals surface area contributed by atoms with Gasteiger partial charge in [0.2, 0.25) is 5.91 Å². The van der Waals surface area contributed by atoms with Crippen LogP contribution in [-0.2, 0) is 4.79 Å². The maximum atomic E-state index is 12.1. The van der Waals surface area contributed by atoms with Gasteiger partial charge in [0, 0.05) is 25.2 Å². The monoisotopic (exact) mass is 332 g/mol. The van der Waals surface area contributed by atoms with E-state index in [2.05, 4.69) is 29.4 Å². The van der Waals surface area contributed by atoms with Crippen LogP contribution in [0, 0.1) is 0 Å². The number of nitrogens with zero attached hydrogens (tertiary/aromatic N) is 2. The van der Waals surface area contributed by atoms with E-state index in [0.717, 1.165) is 31.7 Å². The molecule has 1 aliphatic heterocycles. The number of nitrogens with one attached hydrogen (secondary N) is 2. The highest BCUT2D eigenvalue weighted by Crippen LogP contribution is 2.20. The van der Waals surface area contributed by atoms with E-state index in [-0.39, 0.29) is 18.0 Å².